The summed E-state index contributed by atoms with van der Waals surface area (Å²) in [5.74, 6) is -0.473. The van der Waals surface area contributed by atoms with Crippen LogP contribution in [0.1, 0.15) is 15.9 Å². The average Bonchev–Trinajstić information content (AvgIpc) is 2.48. The van der Waals surface area contributed by atoms with E-state index in [0.29, 0.717) is 11.5 Å². The Labute approximate surface area is 134 Å². The molecular weight excluding hydrogens is 363 g/mol. The summed E-state index contributed by atoms with van der Waals surface area (Å²) in [4.78, 5) is 12.4. The molecule has 110 valence electrons. The molecule has 2 rings (SSSR count). The Morgan fingerprint density at radius 2 is 1.95 bits per heavy atom. The van der Waals surface area contributed by atoms with Crippen molar-refractivity contribution in [1.29, 1.82) is 0 Å². The highest BCUT2D eigenvalue weighted by Crippen LogP contribution is 2.36. The summed E-state index contributed by atoms with van der Waals surface area (Å²) in [5, 5.41) is 0.218. The van der Waals surface area contributed by atoms with Gasteiger partial charge in [-0.25, -0.2) is 4.39 Å². The maximum atomic E-state index is 14.0. The molecular formula is C15H11BrClFO3. The van der Waals surface area contributed by atoms with Gasteiger partial charge in [-0.2, -0.15) is 0 Å². The molecule has 0 N–H and O–H groups in total. The Balaban J connectivity index is 2.54. The monoisotopic (exact) mass is 372 g/mol. The highest BCUT2D eigenvalue weighted by Gasteiger charge is 2.19. The minimum atomic E-state index is -0.617. The van der Waals surface area contributed by atoms with Crippen molar-refractivity contribution in [2.45, 2.75) is 0 Å². The van der Waals surface area contributed by atoms with Gasteiger partial charge in [0.1, 0.15) is 5.82 Å². The highest BCUT2D eigenvalue weighted by molar-refractivity contribution is 9.10. The van der Waals surface area contributed by atoms with Crippen LogP contribution in [0.4, 0.5) is 4.39 Å². The largest absolute Gasteiger partial charge is 0.493 e. The van der Waals surface area contributed by atoms with E-state index in [1.165, 1.54) is 38.5 Å². The van der Waals surface area contributed by atoms with Gasteiger partial charge in [-0.15, -0.1) is 0 Å². The Bertz CT molecular complexity index is 704. The first-order chi connectivity index (χ1) is 9.99. The smallest absolute Gasteiger partial charge is 0.196 e. The van der Waals surface area contributed by atoms with Crippen molar-refractivity contribution in [2.24, 2.45) is 0 Å². The first-order valence-electron chi connectivity index (χ1n) is 5.89. The molecule has 0 fully saturated rings. The lowest BCUT2D eigenvalue weighted by molar-refractivity contribution is 0.103. The number of rotatable bonds is 4. The van der Waals surface area contributed by atoms with Gasteiger partial charge >= 0.3 is 0 Å². The summed E-state index contributed by atoms with van der Waals surface area (Å²) >= 11 is 9.11. The van der Waals surface area contributed by atoms with Gasteiger partial charge in [-0.05, 0) is 40.2 Å². The molecule has 2 aromatic rings. The van der Waals surface area contributed by atoms with Crippen LogP contribution in [0.2, 0.25) is 5.02 Å². The van der Waals surface area contributed by atoms with Crippen LogP contribution in [0.25, 0.3) is 0 Å². The maximum Gasteiger partial charge on any atom is 0.196 e. The second-order valence-corrected chi connectivity index (χ2v) is 5.39. The normalized spacial score (nSPS) is 10.3. The van der Waals surface area contributed by atoms with Crippen LogP contribution in [0.15, 0.2) is 34.8 Å². The van der Waals surface area contributed by atoms with Crippen molar-refractivity contribution < 1.29 is 18.7 Å². The van der Waals surface area contributed by atoms with Crippen molar-refractivity contribution in [3.8, 4) is 11.5 Å². The van der Waals surface area contributed by atoms with E-state index in [0.717, 1.165) is 0 Å². The first-order valence-corrected chi connectivity index (χ1v) is 7.07. The third-order valence-electron chi connectivity index (χ3n) is 2.89. The van der Waals surface area contributed by atoms with Gasteiger partial charge in [-0.1, -0.05) is 17.7 Å². The Morgan fingerprint density at radius 1 is 1.24 bits per heavy atom. The van der Waals surface area contributed by atoms with Gasteiger partial charge in [0.15, 0.2) is 17.3 Å². The zero-order chi connectivity index (χ0) is 15.6. The number of methoxy groups -OCH3 is 2. The van der Waals surface area contributed by atoms with E-state index in [2.05, 4.69) is 15.9 Å². The fraction of sp³-hybridized carbons (Fsp3) is 0.133. The molecule has 2 aromatic carbocycles. The Kier molecular flexibility index (Phi) is 4.85. The summed E-state index contributed by atoms with van der Waals surface area (Å²) in [6.07, 6.45) is 0. The van der Waals surface area contributed by atoms with Crippen LogP contribution in [0.3, 0.4) is 0 Å². The number of carbonyl (C=O) groups excluding carboxylic acids is 1. The molecule has 0 aliphatic carbocycles. The number of carbonyl (C=O) groups is 1. The minimum Gasteiger partial charge on any atom is -0.493 e. The lowest BCUT2D eigenvalue weighted by atomic mass is 10.0. The summed E-state index contributed by atoms with van der Waals surface area (Å²) < 4.78 is 24.5. The Morgan fingerprint density at radius 3 is 2.57 bits per heavy atom. The predicted octanol–water partition coefficient (Wildman–Crippen LogP) is 4.49. The van der Waals surface area contributed by atoms with Crippen LogP contribution in [-0.4, -0.2) is 20.0 Å². The minimum absolute atomic E-state index is 0.0485. The molecule has 0 unspecified atom stereocenters. The van der Waals surface area contributed by atoms with Crippen LogP contribution in [0.5, 0.6) is 11.5 Å². The lowest BCUT2D eigenvalue weighted by Gasteiger charge is -2.11. The summed E-state index contributed by atoms with van der Waals surface area (Å²) in [7, 11) is 2.88. The van der Waals surface area contributed by atoms with Crippen LogP contribution >= 0.6 is 27.5 Å². The molecule has 0 saturated heterocycles. The third kappa shape index (κ3) is 3.04. The molecule has 6 heteroatoms. The molecule has 0 aliphatic rings. The second-order valence-electron chi connectivity index (χ2n) is 4.12. The number of benzene rings is 2. The van der Waals surface area contributed by atoms with Crippen LogP contribution in [0, 0.1) is 5.82 Å². The average molecular weight is 374 g/mol. The number of ether oxygens (including phenoxy) is 2. The van der Waals surface area contributed by atoms with Crippen LogP contribution < -0.4 is 9.47 Å². The topological polar surface area (TPSA) is 35.5 Å². The van der Waals surface area contributed by atoms with E-state index < -0.39 is 11.6 Å². The van der Waals surface area contributed by atoms with Crippen molar-refractivity contribution in [3.63, 3.8) is 0 Å². The summed E-state index contributed by atoms with van der Waals surface area (Å²) in [5.41, 5.74) is 0.169. The summed E-state index contributed by atoms with van der Waals surface area (Å²) in [6.45, 7) is 0. The number of hydrogen-bond donors (Lipinski definition) is 0. The fourth-order valence-electron chi connectivity index (χ4n) is 1.88. The molecule has 3 nitrogen and oxygen atoms in total. The quantitative estimate of drug-likeness (QED) is 0.741. The third-order valence-corrected chi connectivity index (χ3v) is 3.79. The van der Waals surface area contributed by atoms with E-state index in [9.17, 15) is 9.18 Å². The molecule has 21 heavy (non-hydrogen) atoms. The molecule has 0 aliphatic heterocycles. The standard InChI is InChI=1S/C15H11BrClFO3/c1-20-12-7-8(6-11(17)15(12)21-2)14(19)9-4-3-5-10(16)13(9)18/h3-7H,1-2H3. The summed E-state index contributed by atoms with van der Waals surface area (Å²) in [6, 6.07) is 7.41. The van der Waals surface area contributed by atoms with E-state index in [-0.39, 0.29) is 20.6 Å². The van der Waals surface area contributed by atoms with Crippen molar-refractivity contribution in [1.82, 2.24) is 0 Å². The van der Waals surface area contributed by atoms with Gasteiger partial charge < -0.3 is 9.47 Å². The lowest BCUT2D eigenvalue weighted by Crippen LogP contribution is -2.06. The molecule has 0 heterocycles. The fourth-order valence-corrected chi connectivity index (χ4v) is 2.54. The zero-order valence-electron chi connectivity index (χ0n) is 11.2. The van der Waals surface area contributed by atoms with E-state index in [1.54, 1.807) is 6.07 Å². The van der Waals surface area contributed by atoms with Crippen molar-refractivity contribution >= 4 is 33.3 Å². The zero-order valence-corrected chi connectivity index (χ0v) is 13.6. The predicted molar refractivity (Wildman–Crippen MR) is 82.1 cm³/mol. The van der Waals surface area contributed by atoms with Gasteiger partial charge in [0, 0.05) is 5.56 Å². The molecule has 0 aromatic heterocycles. The van der Waals surface area contributed by atoms with Crippen molar-refractivity contribution in [3.05, 3.63) is 56.8 Å². The van der Waals surface area contributed by atoms with Gasteiger partial charge in [0.05, 0.1) is 29.3 Å². The molecule has 0 bridgehead atoms. The van der Waals surface area contributed by atoms with Gasteiger partial charge in [0.2, 0.25) is 0 Å². The van der Waals surface area contributed by atoms with E-state index in [1.807, 2.05) is 0 Å². The highest BCUT2D eigenvalue weighted by atomic mass is 79.9. The molecule has 0 radical (unpaired) electrons. The molecule has 0 saturated carbocycles. The van der Waals surface area contributed by atoms with E-state index in [4.69, 9.17) is 21.1 Å². The van der Waals surface area contributed by atoms with Crippen LogP contribution in [-0.2, 0) is 0 Å². The SMILES string of the molecule is COc1cc(C(=O)c2cccc(Br)c2F)cc(Cl)c1OC. The number of hydrogen-bond acceptors (Lipinski definition) is 3. The number of ketones is 1. The molecule has 0 spiro atoms. The van der Waals surface area contributed by atoms with Crippen molar-refractivity contribution in [2.75, 3.05) is 14.2 Å². The number of halogens is 3. The molecule has 0 atom stereocenters. The maximum absolute atomic E-state index is 14.0. The second kappa shape index (κ2) is 6.45. The van der Waals surface area contributed by atoms with Gasteiger partial charge in [0.25, 0.3) is 0 Å². The van der Waals surface area contributed by atoms with Gasteiger partial charge in [-0.3, -0.25) is 4.79 Å². The molecule has 0 amide bonds. The first kappa shape index (κ1) is 15.8. The Hall–Kier alpha value is -1.59. The van der Waals surface area contributed by atoms with E-state index >= 15 is 0 Å².